The third-order valence-electron chi connectivity index (χ3n) is 4.59. The lowest BCUT2D eigenvalue weighted by Gasteiger charge is -2.26. The molecule has 0 spiro atoms. The van der Waals surface area contributed by atoms with Gasteiger partial charge in [0, 0.05) is 36.9 Å². The predicted molar refractivity (Wildman–Crippen MR) is 112 cm³/mol. The minimum absolute atomic E-state index is 0.0179. The first-order valence-corrected chi connectivity index (χ1v) is 10.6. The highest BCUT2D eigenvalue weighted by molar-refractivity contribution is 7.89. The number of nitrogens with one attached hydrogen (secondary N) is 1. The number of sulfonamides is 1. The first kappa shape index (κ1) is 22.3. The molecule has 2 aromatic rings. The van der Waals surface area contributed by atoms with Gasteiger partial charge in [0.05, 0.1) is 33.7 Å². The maximum Gasteiger partial charge on any atom is 0.295 e. The van der Waals surface area contributed by atoms with E-state index >= 15 is 0 Å². The van der Waals surface area contributed by atoms with Gasteiger partial charge in [-0.15, -0.1) is 0 Å². The zero-order valence-corrected chi connectivity index (χ0v) is 17.2. The van der Waals surface area contributed by atoms with E-state index in [2.05, 4.69) is 10.5 Å². The maximum absolute atomic E-state index is 12.8. The summed E-state index contributed by atoms with van der Waals surface area (Å²) in [6.45, 7) is 2.43. The van der Waals surface area contributed by atoms with Crippen molar-refractivity contribution in [3.8, 4) is 0 Å². The van der Waals surface area contributed by atoms with E-state index in [1.165, 1.54) is 34.6 Å². The molecule has 1 heterocycles. The Morgan fingerprint density at radius 2 is 1.81 bits per heavy atom. The van der Waals surface area contributed by atoms with Gasteiger partial charge < -0.3 is 4.74 Å². The van der Waals surface area contributed by atoms with Gasteiger partial charge in [-0.2, -0.15) is 9.41 Å². The van der Waals surface area contributed by atoms with Crippen LogP contribution in [0.15, 0.2) is 52.5 Å². The first-order valence-electron chi connectivity index (χ1n) is 9.11. The molecule has 1 fully saturated rings. The highest BCUT2D eigenvalue weighted by Crippen LogP contribution is 2.29. The number of nitrogens with zero attached hydrogens (tertiary/aromatic N) is 4. The molecule has 0 bridgehead atoms. The third-order valence-corrected chi connectivity index (χ3v) is 6.49. The van der Waals surface area contributed by atoms with Gasteiger partial charge in [0.25, 0.3) is 11.4 Å². The van der Waals surface area contributed by atoms with Gasteiger partial charge in [0.15, 0.2) is 0 Å². The van der Waals surface area contributed by atoms with Crippen molar-refractivity contribution >= 4 is 32.8 Å². The Labute approximate surface area is 177 Å². The topological polar surface area (TPSA) is 157 Å². The van der Waals surface area contributed by atoms with Gasteiger partial charge in [-0.1, -0.05) is 12.1 Å². The smallest absolute Gasteiger partial charge is 0.295 e. The third kappa shape index (κ3) is 5.02. The Bertz CT molecular complexity index is 1140. The lowest BCUT2D eigenvalue weighted by Crippen LogP contribution is -2.40. The van der Waals surface area contributed by atoms with Crippen molar-refractivity contribution in [2.75, 3.05) is 31.7 Å². The van der Waals surface area contributed by atoms with Crippen molar-refractivity contribution in [2.24, 2.45) is 5.10 Å². The number of hydrazone groups is 1. The Balaban J connectivity index is 1.88. The molecular weight excluding hydrogens is 430 g/mol. The second-order valence-electron chi connectivity index (χ2n) is 6.57. The average molecular weight is 449 g/mol. The molecule has 1 N–H and O–H groups in total. The molecule has 0 aliphatic carbocycles. The molecule has 0 aromatic heterocycles. The van der Waals surface area contributed by atoms with Crippen molar-refractivity contribution in [2.45, 2.75) is 11.8 Å². The summed E-state index contributed by atoms with van der Waals surface area (Å²) in [4.78, 5) is 21.0. The number of nitro benzene ring substituents is 2. The van der Waals surface area contributed by atoms with Gasteiger partial charge in [0.2, 0.25) is 10.0 Å². The second-order valence-corrected chi connectivity index (χ2v) is 8.51. The molecule has 3 rings (SSSR count). The van der Waals surface area contributed by atoms with E-state index in [9.17, 15) is 28.6 Å². The minimum atomic E-state index is -3.90. The molecular formula is C18H19N5O7S. The van der Waals surface area contributed by atoms with Crippen LogP contribution in [0.25, 0.3) is 0 Å². The van der Waals surface area contributed by atoms with E-state index in [4.69, 9.17) is 4.74 Å². The number of benzene rings is 2. The van der Waals surface area contributed by atoms with Gasteiger partial charge in [-0.3, -0.25) is 25.7 Å². The van der Waals surface area contributed by atoms with E-state index in [1.54, 1.807) is 13.0 Å². The van der Waals surface area contributed by atoms with Crippen LogP contribution in [0.4, 0.5) is 17.1 Å². The van der Waals surface area contributed by atoms with Crippen LogP contribution in [0, 0.1) is 20.2 Å². The summed E-state index contributed by atoms with van der Waals surface area (Å²) >= 11 is 0. The number of anilines is 1. The summed E-state index contributed by atoms with van der Waals surface area (Å²) in [6.07, 6.45) is 0. The largest absolute Gasteiger partial charge is 0.379 e. The first-order chi connectivity index (χ1) is 14.7. The predicted octanol–water partition coefficient (Wildman–Crippen LogP) is 2.36. The van der Waals surface area contributed by atoms with E-state index in [-0.39, 0.29) is 42.6 Å². The number of nitro groups is 2. The van der Waals surface area contributed by atoms with Crippen molar-refractivity contribution in [1.29, 1.82) is 0 Å². The molecule has 0 radical (unpaired) electrons. The number of rotatable bonds is 7. The Morgan fingerprint density at radius 1 is 1.10 bits per heavy atom. The second kappa shape index (κ2) is 9.16. The molecule has 1 aliphatic rings. The van der Waals surface area contributed by atoms with E-state index in [0.29, 0.717) is 11.3 Å². The number of ether oxygens (including phenoxy) is 1. The van der Waals surface area contributed by atoms with Crippen LogP contribution < -0.4 is 5.43 Å². The van der Waals surface area contributed by atoms with Crippen LogP contribution in [0.3, 0.4) is 0 Å². The van der Waals surface area contributed by atoms with Gasteiger partial charge in [-0.05, 0) is 19.1 Å². The van der Waals surface area contributed by atoms with Crippen LogP contribution >= 0.6 is 0 Å². The SMILES string of the molecule is CC(=NNc1ccc(S(=O)(=O)N2CCOCC2)cc1[N+](=O)[O-])c1cccc([N+](=O)[O-])c1. The van der Waals surface area contributed by atoms with Crippen LogP contribution in [-0.4, -0.2) is 54.6 Å². The van der Waals surface area contributed by atoms with Gasteiger partial charge in [-0.25, -0.2) is 8.42 Å². The van der Waals surface area contributed by atoms with Crippen molar-refractivity contribution in [3.05, 3.63) is 68.3 Å². The zero-order chi connectivity index (χ0) is 22.6. The lowest BCUT2D eigenvalue weighted by atomic mass is 10.1. The Morgan fingerprint density at radius 3 is 2.45 bits per heavy atom. The molecule has 0 atom stereocenters. The molecule has 1 aliphatic heterocycles. The van der Waals surface area contributed by atoms with Crippen LogP contribution in [-0.2, 0) is 14.8 Å². The molecule has 0 amide bonds. The molecule has 2 aromatic carbocycles. The number of non-ortho nitro benzene ring substituents is 1. The molecule has 0 unspecified atom stereocenters. The molecule has 31 heavy (non-hydrogen) atoms. The number of morpholine rings is 1. The summed E-state index contributed by atoms with van der Waals surface area (Å²) in [5, 5.41) is 26.5. The normalized spacial score (nSPS) is 15.5. The summed E-state index contributed by atoms with van der Waals surface area (Å²) in [7, 11) is -3.90. The molecule has 12 nitrogen and oxygen atoms in total. The summed E-state index contributed by atoms with van der Waals surface area (Å²) in [5.41, 5.74) is 2.75. The highest BCUT2D eigenvalue weighted by atomic mass is 32.2. The number of hydrogen-bond donors (Lipinski definition) is 1. The lowest BCUT2D eigenvalue weighted by molar-refractivity contribution is -0.384. The van der Waals surface area contributed by atoms with E-state index in [1.807, 2.05) is 0 Å². The van der Waals surface area contributed by atoms with E-state index in [0.717, 1.165) is 6.07 Å². The monoisotopic (exact) mass is 449 g/mol. The molecule has 0 saturated carbocycles. The average Bonchev–Trinajstić information content (AvgIpc) is 2.77. The van der Waals surface area contributed by atoms with E-state index < -0.39 is 25.6 Å². The standard InChI is InChI=1S/C18H19N5O7S/c1-13(14-3-2-4-15(11-14)22(24)25)19-20-17-6-5-16(12-18(17)23(26)27)31(28,29)21-7-9-30-10-8-21/h2-6,11-12,20H,7-10H2,1H3. The summed E-state index contributed by atoms with van der Waals surface area (Å²) < 4.78 is 31.9. The van der Waals surface area contributed by atoms with Crippen molar-refractivity contribution in [1.82, 2.24) is 4.31 Å². The molecule has 1 saturated heterocycles. The molecule has 13 heteroatoms. The van der Waals surface area contributed by atoms with Crippen LogP contribution in [0.2, 0.25) is 0 Å². The minimum Gasteiger partial charge on any atom is -0.379 e. The Hall–Kier alpha value is -3.42. The fourth-order valence-corrected chi connectivity index (χ4v) is 4.34. The fourth-order valence-electron chi connectivity index (χ4n) is 2.91. The summed E-state index contributed by atoms with van der Waals surface area (Å²) in [6, 6.07) is 9.27. The van der Waals surface area contributed by atoms with Crippen LogP contribution in [0.1, 0.15) is 12.5 Å². The fraction of sp³-hybridized carbons (Fsp3) is 0.278. The van der Waals surface area contributed by atoms with Gasteiger partial charge >= 0.3 is 0 Å². The molecule has 164 valence electrons. The maximum atomic E-state index is 12.8. The quantitative estimate of drug-likeness (QED) is 0.383. The number of hydrogen-bond acceptors (Lipinski definition) is 9. The van der Waals surface area contributed by atoms with Crippen molar-refractivity contribution < 1.29 is 23.0 Å². The van der Waals surface area contributed by atoms with Crippen LogP contribution in [0.5, 0.6) is 0 Å². The Kier molecular flexibility index (Phi) is 6.58. The summed E-state index contributed by atoms with van der Waals surface area (Å²) in [5.74, 6) is 0. The van der Waals surface area contributed by atoms with Gasteiger partial charge in [0.1, 0.15) is 5.69 Å². The van der Waals surface area contributed by atoms with Crippen molar-refractivity contribution in [3.63, 3.8) is 0 Å². The zero-order valence-electron chi connectivity index (χ0n) is 16.4. The highest BCUT2D eigenvalue weighted by Gasteiger charge is 2.28.